The molecule has 1 atom stereocenters. The highest BCUT2D eigenvalue weighted by Crippen LogP contribution is 2.21. The van der Waals surface area contributed by atoms with Gasteiger partial charge in [0.05, 0.1) is 11.4 Å². The summed E-state index contributed by atoms with van der Waals surface area (Å²) < 4.78 is 26.8. The average molecular weight is 326 g/mol. The minimum Gasteiger partial charge on any atom is -0.353 e. The van der Waals surface area contributed by atoms with Gasteiger partial charge in [-0.15, -0.1) is 0 Å². The van der Waals surface area contributed by atoms with Gasteiger partial charge in [0.1, 0.15) is 0 Å². The van der Waals surface area contributed by atoms with E-state index < -0.39 is 10.0 Å². The normalized spacial score (nSPS) is 13.2. The number of rotatable bonds is 7. The van der Waals surface area contributed by atoms with E-state index in [-0.39, 0.29) is 29.9 Å². The standard InChI is InChI=1S/C16H26N2O3S/c1-6-14(5)17-16(19)11-18(7-2)22(20,21)15-10-12(3)8-9-13(15)4/h8-10,14H,6-7,11H2,1-5H3,(H,17,19)/t14-/m0/s1. The van der Waals surface area contributed by atoms with Gasteiger partial charge >= 0.3 is 0 Å². The van der Waals surface area contributed by atoms with E-state index in [1.807, 2.05) is 26.8 Å². The first kappa shape index (κ1) is 18.6. The average Bonchev–Trinajstić information content (AvgIpc) is 2.46. The van der Waals surface area contributed by atoms with Crippen molar-refractivity contribution < 1.29 is 13.2 Å². The summed E-state index contributed by atoms with van der Waals surface area (Å²) in [6.45, 7) is 9.31. The highest BCUT2D eigenvalue weighted by Gasteiger charge is 2.27. The lowest BCUT2D eigenvalue weighted by Gasteiger charge is -2.22. The van der Waals surface area contributed by atoms with E-state index in [0.29, 0.717) is 5.56 Å². The summed E-state index contributed by atoms with van der Waals surface area (Å²) in [5, 5.41) is 2.80. The van der Waals surface area contributed by atoms with Gasteiger partial charge < -0.3 is 5.32 Å². The molecule has 0 bridgehead atoms. The molecule has 0 spiro atoms. The second-order valence-corrected chi connectivity index (χ2v) is 7.48. The third-order valence-corrected chi connectivity index (χ3v) is 5.72. The Hall–Kier alpha value is -1.40. The maximum atomic E-state index is 12.8. The molecule has 0 aliphatic carbocycles. The van der Waals surface area contributed by atoms with Crippen LogP contribution in [-0.2, 0) is 14.8 Å². The zero-order valence-electron chi connectivity index (χ0n) is 14.0. The lowest BCUT2D eigenvalue weighted by atomic mass is 10.2. The number of nitrogens with zero attached hydrogens (tertiary/aromatic N) is 1. The fourth-order valence-electron chi connectivity index (χ4n) is 2.07. The molecule has 0 saturated heterocycles. The van der Waals surface area contributed by atoms with Crippen molar-refractivity contribution in [1.82, 2.24) is 9.62 Å². The van der Waals surface area contributed by atoms with Crippen LogP contribution >= 0.6 is 0 Å². The zero-order valence-corrected chi connectivity index (χ0v) is 14.8. The van der Waals surface area contributed by atoms with Crippen LogP contribution in [0.3, 0.4) is 0 Å². The first-order chi connectivity index (χ1) is 10.2. The molecule has 5 nitrogen and oxygen atoms in total. The quantitative estimate of drug-likeness (QED) is 0.835. The molecule has 1 aromatic rings. The molecule has 1 aromatic carbocycles. The van der Waals surface area contributed by atoms with Gasteiger partial charge in [-0.1, -0.05) is 26.0 Å². The second-order valence-electron chi connectivity index (χ2n) is 5.58. The van der Waals surface area contributed by atoms with Gasteiger partial charge in [-0.3, -0.25) is 4.79 Å². The molecule has 1 N–H and O–H groups in total. The lowest BCUT2D eigenvalue weighted by Crippen LogP contribution is -2.43. The number of hydrogen-bond donors (Lipinski definition) is 1. The number of likely N-dealkylation sites (N-methyl/N-ethyl adjacent to an activating group) is 1. The number of carbonyl (C=O) groups is 1. The predicted octanol–water partition coefficient (Wildman–Crippen LogP) is 2.23. The molecule has 124 valence electrons. The summed E-state index contributed by atoms with van der Waals surface area (Å²) in [6, 6.07) is 5.35. The van der Waals surface area contributed by atoms with Crippen molar-refractivity contribution in [3.05, 3.63) is 29.3 Å². The smallest absolute Gasteiger partial charge is 0.243 e. The first-order valence-electron chi connectivity index (χ1n) is 7.59. The fraction of sp³-hybridized carbons (Fsp3) is 0.562. The van der Waals surface area contributed by atoms with Crippen molar-refractivity contribution >= 4 is 15.9 Å². The van der Waals surface area contributed by atoms with Crippen molar-refractivity contribution in [3.8, 4) is 0 Å². The van der Waals surface area contributed by atoms with Crippen LogP contribution in [0.1, 0.15) is 38.3 Å². The van der Waals surface area contributed by atoms with Crippen molar-refractivity contribution in [2.75, 3.05) is 13.1 Å². The largest absolute Gasteiger partial charge is 0.353 e. The monoisotopic (exact) mass is 326 g/mol. The SMILES string of the molecule is CC[C@H](C)NC(=O)CN(CC)S(=O)(=O)c1cc(C)ccc1C. The number of nitrogens with one attached hydrogen (secondary N) is 1. The Bertz CT molecular complexity index is 626. The lowest BCUT2D eigenvalue weighted by molar-refractivity contribution is -0.121. The molecule has 0 unspecified atom stereocenters. The first-order valence-corrected chi connectivity index (χ1v) is 9.03. The number of amides is 1. The van der Waals surface area contributed by atoms with E-state index in [0.717, 1.165) is 12.0 Å². The van der Waals surface area contributed by atoms with E-state index in [2.05, 4.69) is 5.32 Å². The Labute approximate surface area is 133 Å². The van der Waals surface area contributed by atoms with Crippen molar-refractivity contribution in [3.63, 3.8) is 0 Å². The summed E-state index contributed by atoms with van der Waals surface area (Å²) in [5.41, 5.74) is 1.57. The summed E-state index contributed by atoms with van der Waals surface area (Å²) >= 11 is 0. The number of carbonyl (C=O) groups excluding carboxylic acids is 1. The predicted molar refractivity (Wildman–Crippen MR) is 88.2 cm³/mol. The minimum absolute atomic E-state index is 0.0367. The topological polar surface area (TPSA) is 66.5 Å². The van der Waals surface area contributed by atoms with Crippen LogP contribution in [0.15, 0.2) is 23.1 Å². The molecule has 1 amide bonds. The molecule has 6 heteroatoms. The third kappa shape index (κ3) is 4.55. The maximum Gasteiger partial charge on any atom is 0.243 e. The molecule has 0 saturated carbocycles. The second kappa shape index (κ2) is 7.74. The van der Waals surface area contributed by atoms with Gasteiger partial charge in [-0.05, 0) is 44.4 Å². The van der Waals surface area contributed by atoms with Crippen LogP contribution in [-0.4, -0.2) is 37.8 Å². The Morgan fingerprint density at radius 2 is 1.91 bits per heavy atom. The van der Waals surface area contributed by atoms with Crippen molar-refractivity contribution in [2.24, 2.45) is 0 Å². The fourth-order valence-corrected chi connectivity index (χ4v) is 3.79. The third-order valence-electron chi connectivity index (χ3n) is 3.65. The summed E-state index contributed by atoms with van der Waals surface area (Å²) in [5.74, 6) is -0.273. The zero-order chi connectivity index (χ0) is 16.9. The van der Waals surface area contributed by atoms with Gasteiger partial charge in [0.25, 0.3) is 0 Å². The van der Waals surface area contributed by atoms with Gasteiger partial charge in [-0.25, -0.2) is 8.42 Å². The molecular formula is C16H26N2O3S. The minimum atomic E-state index is -3.67. The molecule has 0 radical (unpaired) electrons. The molecule has 0 fully saturated rings. The van der Waals surface area contributed by atoms with Crippen LogP contribution in [0.5, 0.6) is 0 Å². The van der Waals surface area contributed by atoms with Crippen LogP contribution in [0, 0.1) is 13.8 Å². The van der Waals surface area contributed by atoms with Crippen LogP contribution in [0.2, 0.25) is 0 Å². The highest BCUT2D eigenvalue weighted by molar-refractivity contribution is 7.89. The molecule has 0 aromatic heterocycles. The van der Waals surface area contributed by atoms with Gasteiger partial charge in [0, 0.05) is 12.6 Å². The molecule has 0 heterocycles. The van der Waals surface area contributed by atoms with E-state index in [1.165, 1.54) is 4.31 Å². The maximum absolute atomic E-state index is 12.8. The van der Waals surface area contributed by atoms with Gasteiger partial charge in [-0.2, -0.15) is 4.31 Å². The van der Waals surface area contributed by atoms with Gasteiger partial charge in [0.2, 0.25) is 15.9 Å². The Kier molecular flexibility index (Phi) is 6.56. The molecule has 1 rings (SSSR count). The number of sulfonamides is 1. The van der Waals surface area contributed by atoms with Gasteiger partial charge in [0.15, 0.2) is 0 Å². The summed E-state index contributed by atoms with van der Waals surface area (Å²) in [7, 11) is -3.67. The molecule has 22 heavy (non-hydrogen) atoms. The van der Waals surface area contributed by atoms with Crippen LogP contribution in [0.4, 0.5) is 0 Å². The number of aryl methyl sites for hydroxylation is 2. The molecule has 0 aliphatic rings. The Morgan fingerprint density at radius 3 is 2.45 bits per heavy atom. The Balaban J connectivity index is 3.02. The van der Waals surface area contributed by atoms with E-state index in [4.69, 9.17) is 0 Å². The summed E-state index contributed by atoms with van der Waals surface area (Å²) in [4.78, 5) is 12.3. The van der Waals surface area contributed by atoms with E-state index >= 15 is 0 Å². The number of benzene rings is 1. The number of hydrogen-bond acceptors (Lipinski definition) is 3. The highest BCUT2D eigenvalue weighted by atomic mass is 32.2. The molecular weight excluding hydrogens is 300 g/mol. The summed E-state index contributed by atoms with van der Waals surface area (Å²) in [6.07, 6.45) is 0.807. The van der Waals surface area contributed by atoms with E-state index in [1.54, 1.807) is 26.0 Å². The molecule has 0 aliphatic heterocycles. The van der Waals surface area contributed by atoms with Crippen molar-refractivity contribution in [2.45, 2.75) is 52.0 Å². The van der Waals surface area contributed by atoms with Crippen LogP contribution < -0.4 is 5.32 Å². The Morgan fingerprint density at radius 1 is 1.27 bits per heavy atom. The van der Waals surface area contributed by atoms with E-state index in [9.17, 15) is 13.2 Å². The van der Waals surface area contributed by atoms with Crippen LogP contribution in [0.25, 0.3) is 0 Å². The van der Waals surface area contributed by atoms with Crippen molar-refractivity contribution in [1.29, 1.82) is 0 Å².